The molecule has 1 saturated heterocycles. The molecule has 1 atom stereocenters. The molecule has 9 heteroatoms. The van der Waals surface area contributed by atoms with Crippen molar-refractivity contribution in [3.63, 3.8) is 0 Å². The van der Waals surface area contributed by atoms with Crippen LogP contribution in [0, 0.1) is 5.92 Å². The zero-order valence-corrected chi connectivity index (χ0v) is 18.8. The van der Waals surface area contributed by atoms with Crippen molar-refractivity contribution in [2.24, 2.45) is 5.92 Å². The number of piperidine rings is 1. The lowest BCUT2D eigenvalue weighted by atomic mass is 9.88. The normalized spacial score (nSPS) is 16.5. The topological polar surface area (TPSA) is 97.0 Å². The number of hydrogen-bond acceptors (Lipinski definition) is 6. The molecular formula is C23H27N3O5S. The molecule has 0 spiro atoms. The first-order valence-electron chi connectivity index (χ1n) is 10.9. The van der Waals surface area contributed by atoms with Crippen LogP contribution in [0.5, 0.6) is 11.5 Å². The molecule has 1 fully saturated rings. The standard InChI is InChI=1S/C23H27N3O5S/c1-2-9-24-22(28)20(25-21(27)19-4-3-12-32-19)15-7-10-26(11-8-15)23(29)16-5-6-17-18(13-16)31-14-30-17/h3-6,12-13,15,20H,2,7-11,14H2,1H3,(H,24,28)(H,25,27)/t20-/m1/s1. The number of carbonyl (C=O) groups excluding carboxylic acids is 3. The maximum Gasteiger partial charge on any atom is 0.262 e. The summed E-state index contributed by atoms with van der Waals surface area (Å²) in [7, 11) is 0. The van der Waals surface area contributed by atoms with Gasteiger partial charge in [0.05, 0.1) is 4.88 Å². The number of benzene rings is 1. The number of carbonyl (C=O) groups is 3. The van der Waals surface area contributed by atoms with Gasteiger partial charge in [0, 0.05) is 25.2 Å². The Morgan fingerprint density at radius 3 is 2.66 bits per heavy atom. The molecule has 2 N–H and O–H groups in total. The zero-order valence-electron chi connectivity index (χ0n) is 18.0. The van der Waals surface area contributed by atoms with E-state index >= 15 is 0 Å². The van der Waals surface area contributed by atoms with Crippen molar-refractivity contribution in [2.45, 2.75) is 32.2 Å². The minimum absolute atomic E-state index is 0.0448. The van der Waals surface area contributed by atoms with Gasteiger partial charge < -0.3 is 25.0 Å². The van der Waals surface area contributed by atoms with Gasteiger partial charge in [-0.2, -0.15) is 0 Å². The van der Waals surface area contributed by atoms with Crippen LogP contribution in [0.15, 0.2) is 35.7 Å². The molecule has 1 aromatic carbocycles. The molecule has 3 amide bonds. The third-order valence-corrected chi connectivity index (χ3v) is 6.65. The number of rotatable bonds is 7. The van der Waals surface area contributed by atoms with Crippen LogP contribution < -0.4 is 20.1 Å². The Morgan fingerprint density at radius 1 is 1.16 bits per heavy atom. The molecule has 170 valence electrons. The van der Waals surface area contributed by atoms with Gasteiger partial charge in [0.25, 0.3) is 11.8 Å². The molecule has 4 rings (SSSR count). The predicted molar refractivity (Wildman–Crippen MR) is 120 cm³/mol. The lowest BCUT2D eigenvalue weighted by Gasteiger charge is -2.35. The zero-order chi connectivity index (χ0) is 22.5. The molecule has 0 aliphatic carbocycles. The predicted octanol–water partition coefficient (Wildman–Crippen LogP) is 2.65. The second-order valence-electron chi connectivity index (χ2n) is 7.92. The van der Waals surface area contributed by atoms with E-state index < -0.39 is 6.04 Å². The first-order valence-corrected chi connectivity index (χ1v) is 11.8. The van der Waals surface area contributed by atoms with Crippen molar-refractivity contribution in [1.82, 2.24) is 15.5 Å². The smallest absolute Gasteiger partial charge is 0.262 e. The van der Waals surface area contributed by atoms with Crippen molar-refractivity contribution in [3.05, 3.63) is 46.2 Å². The van der Waals surface area contributed by atoms with E-state index in [1.807, 2.05) is 18.4 Å². The summed E-state index contributed by atoms with van der Waals surface area (Å²) >= 11 is 1.34. The number of nitrogens with one attached hydrogen (secondary N) is 2. The highest BCUT2D eigenvalue weighted by molar-refractivity contribution is 7.12. The van der Waals surface area contributed by atoms with E-state index in [2.05, 4.69) is 10.6 Å². The summed E-state index contributed by atoms with van der Waals surface area (Å²) < 4.78 is 10.7. The SMILES string of the molecule is CCCNC(=O)[C@H](NC(=O)c1cccs1)C1CCN(C(=O)c2ccc3c(c2)OCO3)CC1. The first kappa shape index (κ1) is 22.1. The lowest BCUT2D eigenvalue weighted by Crippen LogP contribution is -2.53. The highest BCUT2D eigenvalue weighted by Crippen LogP contribution is 2.33. The molecule has 32 heavy (non-hydrogen) atoms. The van der Waals surface area contributed by atoms with E-state index in [9.17, 15) is 14.4 Å². The highest BCUT2D eigenvalue weighted by atomic mass is 32.1. The van der Waals surface area contributed by atoms with Crippen LogP contribution in [0.4, 0.5) is 0 Å². The van der Waals surface area contributed by atoms with Gasteiger partial charge in [-0.1, -0.05) is 13.0 Å². The average molecular weight is 458 g/mol. The summed E-state index contributed by atoms with van der Waals surface area (Å²) in [6, 6.07) is 8.12. The number of hydrogen-bond donors (Lipinski definition) is 2. The molecule has 2 aliphatic heterocycles. The van der Waals surface area contributed by atoms with Crippen molar-refractivity contribution >= 4 is 29.1 Å². The molecule has 0 radical (unpaired) electrons. The number of ether oxygens (including phenoxy) is 2. The van der Waals surface area contributed by atoms with Gasteiger partial charge in [0.15, 0.2) is 11.5 Å². The minimum Gasteiger partial charge on any atom is -0.454 e. The Hall–Kier alpha value is -3.07. The minimum atomic E-state index is -0.626. The quantitative estimate of drug-likeness (QED) is 0.666. The van der Waals surface area contributed by atoms with Gasteiger partial charge in [-0.3, -0.25) is 14.4 Å². The monoisotopic (exact) mass is 457 g/mol. The van der Waals surface area contributed by atoms with Gasteiger partial charge >= 0.3 is 0 Å². The number of likely N-dealkylation sites (tertiary alicyclic amines) is 1. The maximum atomic E-state index is 13.0. The van der Waals surface area contributed by atoms with Crippen LogP contribution in [-0.4, -0.2) is 55.1 Å². The van der Waals surface area contributed by atoms with Crippen LogP contribution in [-0.2, 0) is 4.79 Å². The van der Waals surface area contributed by atoms with Gasteiger partial charge in [-0.15, -0.1) is 11.3 Å². The molecule has 0 bridgehead atoms. The molecule has 1 aromatic heterocycles. The molecule has 2 aromatic rings. The summed E-state index contributed by atoms with van der Waals surface area (Å²) in [5.74, 6) is 0.693. The molecule has 3 heterocycles. The van der Waals surface area contributed by atoms with Crippen molar-refractivity contribution in [2.75, 3.05) is 26.4 Å². The second kappa shape index (κ2) is 10.0. The van der Waals surface area contributed by atoms with E-state index in [1.54, 1.807) is 29.2 Å². The Kier molecular flexibility index (Phi) is 6.94. The number of nitrogens with zero attached hydrogens (tertiary/aromatic N) is 1. The fourth-order valence-corrected chi connectivity index (χ4v) is 4.65. The summed E-state index contributed by atoms with van der Waals surface area (Å²) in [6.07, 6.45) is 2.08. The molecule has 8 nitrogen and oxygen atoms in total. The van der Waals surface area contributed by atoms with Crippen molar-refractivity contribution < 1.29 is 23.9 Å². The van der Waals surface area contributed by atoms with Gasteiger partial charge in [-0.25, -0.2) is 0 Å². The van der Waals surface area contributed by atoms with Crippen LogP contribution in [0.1, 0.15) is 46.2 Å². The van der Waals surface area contributed by atoms with Crippen LogP contribution in [0.3, 0.4) is 0 Å². The third-order valence-electron chi connectivity index (χ3n) is 5.78. The van der Waals surface area contributed by atoms with E-state index in [1.165, 1.54) is 11.3 Å². The first-order chi connectivity index (χ1) is 15.6. The third kappa shape index (κ3) is 4.88. The van der Waals surface area contributed by atoms with Crippen LogP contribution in [0.2, 0.25) is 0 Å². The Bertz CT molecular complexity index is 970. The molecular weight excluding hydrogens is 430 g/mol. The average Bonchev–Trinajstić information content (AvgIpc) is 3.52. The van der Waals surface area contributed by atoms with E-state index in [0.717, 1.165) is 6.42 Å². The van der Waals surface area contributed by atoms with Crippen molar-refractivity contribution in [1.29, 1.82) is 0 Å². The lowest BCUT2D eigenvalue weighted by molar-refractivity contribution is -0.124. The Balaban J connectivity index is 1.40. The van der Waals surface area contributed by atoms with Crippen LogP contribution >= 0.6 is 11.3 Å². The number of thiophene rings is 1. The van der Waals surface area contributed by atoms with Gasteiger partial charge in [0.1, 0.15) is 6.04 Å². The Morgan fingerprint density at radius 2 is 1.94 bits per heavy atom. The molecule has 2 aliphatic rings. The summed E-state index contributed by atoms with van der Waals surface area (Å²) in [5, 5.41) is 7.67. The highest BCUT2D eigenvalue weighted by Gasteiger charge is 2.34. The van der Waals surface area contributed by atoms with E-state index in [4.69, 9.17) is 9.47 Å². The van der Waals surface area contributed by atoms with Gasteiger partial charge in [0.2, 0.25) is 12.7 Å². The summed E-state index contributed by atoms with van der Waals surface area (Å²) in [5.41, 5.74) is 0.552. The van der Waals surface area contributed by atoms with Crippen LogP contribution in [0.25, 0.3) is 0 Å². The number of fused-ring (bicyclic) bond motifs is 1. The van der Waals surface area contributed by atoms with E-state index in [0.29, 0.717) is 54.4 Å². The summed E-state index contributed by atoms with van der Waals surface area (Å²) in [6.45, 7) is 3.75. The van der Waals surface area contributed by atoms with Crippen molar-refractivity contribution in [3.8, 4) is 11.5 Å². The second-order valence-corrected chi connectivity index (χ2v) is 8.86. The molecule has 0 unspecified atom stereocenters. The summed E-state index contributed by atoms with van der Waals surface area (Å²) in [4.78, 5) is 40.8. The number of amides is 3. The largest absolute Gasteiger partial charge is 0.454 e. The van der Waals surface area contributed by atoms with E-state index in [-0.39, 0.29) is 30.4 Å². The fraction of sp³-hybridized carbons (Fsp3) is 0.435. The van der Waals surface area contributed by atoms with Gasteiger partial charge in [-0.05, 0) is 54.8 Å². The Labute approximate surface area is 190 Å². The molecule has 0 saturated carbocycles. The fourth-order valence-electron chi connectivity index (χ4n) is 4.02. The maximum absolute atomic E-state index is 13.0.